The number of carbonyl (C=O) groups excluding carboxylic acids is 4. The fourth-order valence-electron chi connectivity index (χ4n) is 2.64. The summed E-state index contributed by atoms with van der Waals surface area (Å²) in [5, 5.41) is 7.77. The Hall–Kier alpha value is -2.43. The zero-order chi connectivity index (χ0) is 23.4. The number of thiol groups is 1. The van der Waals surface area contributed by atoms with Gasteiger partial charge in [0.2, 0.25) is 17.7 Å². The Bertz CT molecular complexity index is 755. The van der Waals surface area contributed by atoms with Gasteiger partial charge >= 0.3 is 0 Å². The van der Waals surface area contributed by atoms with Gasteiger partial charge in [0.15, 0.2) is 5.12 Å². The molecule has 0 aromatic heterocycles. The van der Waals surface area contributed by atoms with Gasteiger partial charge < -0.3 is 16.0 Å². The zero-order valence-corrected chi connectivity index (χ0v) is 19.3. The second-order valence-corrected chi connectivity index (χ2v) is 7.94. The molecule has 172 valence electrons. The number of hydrogen-bond donors (Lipinski definition) is 5. The number of amides is 3. The lowest BCUT2D eigenvalue weighted by Crippen LogP contribution is -2.53. The second kappa shape index (κ2) is 13.8. The summed E-state index contributed by atoms with van der Waals surface area (Å²) in [4.78, 5) is 53.1. The molecule has 10 heteroatoms. The SMILES string of the molecule is CNOCc1ccc(NC(=O)C(C)NC(=O)C(NC(=O)CCCC(=O)S)C(C)C)cc1. The molecule has 1 rings (SSSR count). The van der Waals surface area contributed by atoms with Crippen LogP contribution < -0.4 is 21.4 Å². The third-order valence-electron chi connectivity index (χ3n) is 4.42. The van der Waals surface area contributed by atoms with Crippen molar-refractivity contribution in [2.75, 3.05) is 12.4 Å². The highest BCUT2D eigenvalue weighted by atomic mass is 32.1. The van der Waals surface area contributed by atoms with Crippen LogP contribution in [-0.2, 0) is 30.6 Å². The predicted molar refractivity (Wildman–Crippen MR) is 121 cm³/mol. The maximum atomic E-state index is 12.6. The second-order valence-electron chi connectivity index (χ2n) is 7.45. The maximum Gasteiger partial charge on any atom is 0.246 e. The predicted octanol–water partition coefficient (Wildman–Crippen LogP) is 1.55. The summed E-state index contributed by atoms with van der Waals surface area (Å²) < 4.78 is 0. The highest BCUT2D eigenvalue weighted by molar-refractivity contribution is 7.96. The quantitative estimate of drug-likeness (QED) is 0.228. The van der Waals surface area contributed by atoms with Crippen molar-refractivity contribution in [3.05, 3.63) is 29.8 Å². The molecule has 0 heterocycles. The van der Waals surface area contributed by atoms with E-state index in [0.717, 1.165) is 5.56 Å². The van der Waals surface area contributed by atoms with Crippen LogP contribution in [-0.4, -0.2) is 42.0 Å². The number of nitrogens with one attached hydrogen (secondary N) is 4. The lowest BCUT2D eigenvalue weighted by molar-refractivity contribution is -0.131. The average molecular weight is 453 g/mol. The fourth-order valence-corrected chi connectivity index (χ4v) is 2.80. The molecule has 9 nitrogen and oxygen atoms in total. The Labute approximate surface area is 188 Å². The summed E-state index contributed by atoms with van der Waals surface area (Å²) in [7, 11) is 1.67. The highest BCUT2D eigenvalue weighted by Crippen LogP contribution is 2.11. The molecule has 4 N–H and O–H groups in total. The molecule has 31 heavy (non-hydrogen) atoms. The molecule has 0 saturated carbocycles. The van der Waals surface area contributed by atoms with E-state index in [9.17, 15) is 19.2 Å². The van der Waals surface area contributed by atoms with E-state index >= 15 is 0 Å². The van der Waals surface area contributed by atoms with Crippen LogP contribution in [0.5, 0.6) is 0 Å². The van der Waals surface area contributed by atoms with E-state index in [-0.39, 0.29) is 35.7 Å². The van der Waals surface area contributed by atoms with Crippen molar-refractivity contribution < 1.29 is 24.0 Å². The van der Waals surface area contributed by atoms with Crippen LogP contribution >= 0.6 is 12.6 Å². The van der Waals surface area contributed by atoms with Crippen molar-refractivity contribution in [1.82, 2.24) is 16.1 Å². The summed E-state index contributed by atoms with van der Waals surface area (Å²) in [6.45, 7) is 5.56. The van der Waals surface area contributed by atoms with E-state index in [2.05, 4.69) is 34.1 Å². The summed E-state index contributed by atoms with van der Waals surface area (Å²) in [6.07, 6.45) is 0.670. The van der Waals surface area contributed by atoms with Crippen LogP contribution in [0.3, 0.4) is 0 Å². The first-order valence-electron chi connectivity index (χ1n) is 10.1. The van der Waals surface area contributed by atoms with Crippen LogP contribution in [0.1, 0.15) is 45.6 Å². The van der Waals surface area contributed by atoms with Gasteiger partial charge in [-0.1, -0.05) is 26.0 Å². The molecule has 0 aliphatic heterocycles. The van der Waals surface area contributed by atoms with Crippen LogP contribution in [0.2, 0.25) is 0 Å². The first-order chi connectivity index (χ1) is 14.6. The summed E-state index contributed by atoms with van der Waals surface area (Å²) >= 11 is 3.67. The van der Waals surface area contributed by atoms with Gasteiger partial charge in [0.25, 0.3) is 0 Å². The topological polar surface area (TPSA) is 126 Å². The van der Waals surface area contributed by atoms with Crippen LogP contribution in [0.15, 0.2) is 24.3 Å². The lowest BCUT2D eigenvalue weighted by atomic mass is 10.0. The molecule has 0 fully saturated rings. The van der Waals surface area contributed by atoms with Crippen LogP contribution in [0, 0.1) is 5.92 Å². The minimum absolute atomic E-state index is 0.119. The first-order valence-corrected chi connectivity index (χ1v) is 10.6. The van der Waals surface area contributed by atoms with Crippen molar-refractivity contribution in [2.24, 2.45) is 5.92 Å². The largest absolute Gasteiger partial charge is 0.344 e. The minimum Gasteiger partial charge on any atom is -0.344 e. The number of rotatable bonds is 13. The Morgan fingerprint density at radius 3 is 2.16 bits per heavy atom. The molecular weight excluding hydrogens is 420 g/mol. The van der Waals surface area contributed by atoms with Crippen molar-refractivity contribution in [2.45, 2.75) is 58.7 Å². The Balaban J connectivity index is 2.58. The van der Waals surface area contributed by atoms with Crippen molar-refractivity contribution in [3.8, 4) is 0 Å². The summed E-state index contributed by atoms with van der Waals surface area (Å²) in [6, 6.07) is 5.53. The smallest absolute Gasteiger partial charge is 0.246 e. The average Bonchev–Trinajstić information content (AvgIpc) is 2.70. The van der Waals surface area contributed by atoms with E-state index in [1.54, 1.807) is 40.0 Å². The Morgan fingerprint density at radius 1 is 0.968 bits per heavy atom. The Morgan fingerprint density at radius 2 is 1.61 bits per heavy atom. The molecule has 0 aliphatic rings. The molecule has 0 bridgehead atoms. The molecule has 0 saturated heterocycles. The highest BCUT2D eigenvalue weighted by Gasteiger charge is 2.26. The maximum absolute atomic E-state index is 12.6. The molecule has 3 amide bonds. The standard InChI is InChI=1S/C21H32N4O5S/c1-13(2)19(25-17(26)6-5-7-18(27)31)21(29)23-14(3)20(28)24-16-10-8-15(9-11-16)12-30-22-4/h8-11,13-14,19,22H,5-7,12H2,1-4H3,(H,23,29)(H,24,28)(H,25,26)(H,27,31). The normalized spacial score (nSPS) is 12.7. The molecular formula is C21H32N4O5S. The van der Waals surface area contributed by atoms with Gasteiger partial charge in [-0.25, -0.2) is 5.48 Å². The zero-order valence-electron chi connectivity index (χ0n) is 18.4. The number of benzene rings is 1. The van der Waals surface area contributed by atoms with Crippen molar-refractivity contribution in [3.63, 3.8) is 0 Å². The van der Waals surface area contributed by atoms with Gasteiger partial charge in [-0.05, 0) is 37.0 Å². The van der Waals surface area contributed by atoms with Gasteiger partial charge in [0.05, 0.1) is 6.61 Å². The van der Waals surface area contributed by atoms with Gasteiger partial charge in [-0.2, -0.15) is 0 Å². The minimum atomic E-state index is -0.806. The van der Waals surface area contributed by atoms with Gasteiger partial charge in [0.1, 0.15) is 12.1 Å². The summed E-state index contributed by atoms with van der Waals surface area (Å²) in [5.74, 6) is -1.34. The monoisotopic (exact) mass is 452 g/mol. The molecule has 1 aromatic carbocycles. The third kappa shape index (κ3) is 10.4. The molecule has 0 spiro atoms. The third-order valence-corrected chi connectivity index (χ3v) is 4.64. The molecule has 2 unspecified atom stereocenters. The Kier molecular flexibility index (Phi) is 11.8. The van der Waals surface area contributed by atoms with Crippen molar-refractivity contribution in [1.29, 1.82) is 0 Å². The fraction of sp³-hybridized carbons (Fsp3) is 0.524. The molecule has 0 aliphatic carbocycles. The van der Waals surface area contributed by atoms with E-state index in [0.29, 0.717) is 18.7 Å². The van der Waals surface area contributed by atoms with Crippen LogP contribution in [0.4, 0.5) is 5.69 Å². The number of hydrogen-bond acceptors (Lipinski definition) is 6. The lowest BCUT2D eigenvalue weighted by Gasteiger charge is -2.24. The van der Waals surface area contributed by atoms with E-state index in [1.807, 2.05) is 12.1 Å². The van der Waals surface area contributed by atoms with Crippen LogP contribution in [0.25, 0.3) is 0 Å². The first kappa shape index (κ1) is 26.6. The van der Waals surface area contributed by atoms with Gasteiger partial charge in [-0.15, -0.1) is 12.6 Å². The number of hydroxylamine groups is 1. The molecule has 1 aromatic rings. The van der Waals surface area contributed by atoms with E-state index < -0.39 is 18.0 Å². The van der Waals surface area contributed by atoms with Gasteiger partial charge in [0, 0.05) is 25.6 Å². The molecule has 0 radical (unpaired) electrons. The van der Waals surface area contributed by atoms with E-state index in [1.165, 1.54) is 0 Å². The molecule has 2 atom stereocenters. The summed E-state index contributed by atoms with van der Waals surface area (Å²) in [5.41, 5.74) is 4.11. The van der Waals surface area contributed by atoms with Gasteiger partial charge in [-0.3, -0.25) is 24.0 Å². The number of anilines is 1. The number of carbonyl (C=O) groups is 4. The van der Waals surface area contributed by atoms with E-state index in [4.69, 9.17) is 4.84 Å². The van der Waals surface area contributed by atoms with Crippen molar-refractivity contribution >= 4 is 41.2 Å².